The van der Waals surface area contributed by atoms with Crippen LogP contribution in [-0.2, 0) is 22.3 Å². The third kappa shape index (κ3) is 9.00. The molecule has 1 aromatic carbocycles. The highest BCUT2D eigenvalue weighted by Crippen LogP contribution is 2.39. The number of ether oxygens (including phenoxy) is 3. The molecular formula is C23H39N5O5S. The molecule has 1 aromatic heterocycles. The van der Waals surface area contributed by atoms with Gasteiger partial charge < -0.3 is 14.2 Å². The fraction of sp³-hybridized carbons (Fsp3) is 0.696. The van der Waals surface area contributed by atoms with Crippen LogP contribution in [0.4, 0.5) is 5.69 Å². The summed E-state index contributed by atoms with van der Waals surface area (Å²) in [6.07, 6.45) is 12.3. The minimum absolute atomic E-state index is 0.194. The molecule has 0 aliphatic carbocycles. The summed E-state index contributed by atoms with van der Waals surface area (Å²) in [5.74, 6) is 0.970. The van der Waals surface area contributed by atoms with Crippen molar-refractivity contribution in [2.24, 2.45) is 0 Å². The summed E-state index contributed by atoms with van der Waals surface area (Å²) in [6, 6.07) is 3.16. The average molecular weight is 498 g/mol. The number of tetrazole rings is 1. The molecule has 0 bridgehead atoms. The predicted molar refractivity (Wildman–Crippen MR) is 132 cm³/mol. The van der Waals surface area contributed by atoms with Crippen molar-refractivity contribution in [3.05, 3.63) is 18.0 Å². The number of benzene rings is 1. The molecule has 0 amide bonds. The second-order valence-corrected chi connectivity index (χ2v) is 9.99. The van der Waals surface area contributed by atoms with Gasteiger partial charge in [-0.2, -0.15) is 0 Å². The fourth-order valence-corrected chi connectivity index (χ4v) is 4.85. The molecule has 34 heavy (non-hydrogen) atoms. The topological polar surface area (TPSA) is 117 Å². The van der Waals surface area contributed by atoms with Crippen molar-refractivity contribution in [2.75, 3.05) is 26.1 Å². The van der Waals surface area contributed by atoms with Crippen molar-refractivity contribution in [3.63, 3.8) is 0 Å². The van der Waals surface area contributed by atoms with E-state index >= 15 is 0 Å². The highest BCUT2D eigenvalue weighted by Gasteiger charge is 2.22. The van der Waals surface area contributed by atoms with Gasteiger partial charge in [-0.3, -0.25) is 4.72 Å². The molecule has 0 fully saturated rings. The summed E-state index contributed by atoms with van der Waals surface area (Å²) in [5, 5.41) is 11.6. The zero-order valence-corrected chi connectivity index (χ0v) is 21.7. The quantitative estimate of drug-likeness (QED) is 0.298. The number of aryl methyl sites for hydroxylation is 1. The van der Waals surface area contributed by atoms with Crippen molar-refractivity contribution in [1.82, 2.24) is 20.2 Å². The number of hydrogen-bond acceptors (Lipinski definition) is 8. The number of aromatic nitrogens is 4. The van der Waals surface area contributed by atoms with Gasteiger partial charge in [0, 0.05) is 18.7 Å². The van der Waals surface area contributed by atoms with E-state index < -0.39 is 10.0 Å². The van der Waals surface area contributed by atoms with Crippen LogP contribution < -0.4 is 18.9 Å². The van der Waals surface area contributed by atoms with Gasteiger partial charge in [-0.1, -0.05) is 64.7 Å². The van der Waals surface area contributed by atoms with Gasteiger partial charge in [-0.05, 0) is 16.8 Å². The maximum atomic E-state index is 12.9. The average Bonchev–Trinajstić information content (AvgIpc) is 3.25. The Labute approximate surface area is 203 Å². The normalized spacial score (nSPS) is 11.4. The molecule has 0 saturated heterocycles. The standard InChI is InChI=1S/C23H39N5O5S/c1-5-6-7-8-9-10-11-12-13-14-15-28-22(24-26-27-28)18-34(29,30)25-23-20(32-3)16-19(31-2)17-21(23)33-4/h16-17,25H,5-15,18H2,1-4H3. The molecule has 0 aliphatic heterocycles. The van der Waals surface area contributed by atoms with Crippen LogP contribution in [0.1, 0.15) is 77.0 Å². The monoisotopic (exact) mass is 497 g/mol. The number of nitrogens with zero attached hydrogens (tertiary/aromatic N) is 4. The third-order valence-corrected chi connectivity index (χ3v) is 6.77. The largest absolute Gasteiger partial charge is 0.496 e. The number of anilines is 1. The molecule has 10 nitrogen and oxygen atoms in total. The molecule has 1 N–H and O–H groups in total. The fourth-order valence-electron chi connectivity index (χ4n) is 3.72. The summed E-state index contributed by atoms with van der Waals surface area (Å²) in [5.41, 5.74) is 0.194. The molecule has 192 valence electrons. The highest BCUT2D eigenvalue weighted by atomic mass is 32.2. The summed E-state index contributed by atoms with van der Waals surface area (Å²) in [6.45, 7) is 2.82. The number of rotatable bonds is 18. The van der Waals surface area contributed by atoms with Gasteiger partial charge in [0.25, 0.3) is 0 Å². The number of nitrogens with one attached hydrogen (secondary N) is 1. The number of methoxy groups -OCH3 is 3. The van der Waals surface area contributed by atoms with Crippen LogP contribution in [0.15, 0.2) is 12.1 Å². The maximum Gasteiger partial charge on any atom is 0.240 e. The van der Waals surface area contributed by atoms with E-state index in [0.717, 1.165) is 12.8 Å². The van der Waals surface area contributed by atoms with Crippen molar-refractivity contribution in [2.45, 2.75) is 83.4 Å². The Bertz CT molecular complexity index is 939. The Kier molecular flexibility index (Phi) is 11.9. The van der Waals surface area contributed by atoms with Gasteiger partial charge in [0.2, 0.25) is 10.0 Å². The summed E-state index contributed by atoms with van der Waals surface area (Å²) in [4.78, 5) is 0. The van der Waals surface area contributed by atoms with E-state index in [-0.39, 0.29) is 28.8 Å². The van der Waals surface area contributed by atoms with E-state index in [0.29, 0.717) is 12.3 Å². The van der Waals surface area contributed by atoms with Gasteiger partial charge in [0.1, 0.15) is 28.7 Å². The van der Waals surface area contributed by atoms with Crippen molar-refractivity contribution in [3.8, 4) is 17.2 Å². The van der Waals surface area contributed by atoms with Crippen LogP contribution in [0, 0.1) is 0 Å². The highest BCUT2D eigenvalue weighted by molar-refractivity contribution is 7.91. The predicted octanol–water partition coefficient (Wildman–Crippen LogP) is 4.56. The first kappa shape index (κ1) is 27.7. The summed E-state index contributed by atoms with van der Waals surface area (Å²) in [7, 11) is 0.562. The molecule has 0 aliphatic rings. The number of sulfonamides is 1. The lowest BCUT2D eigenvalue weighted by molar-refractivity contribution is 0.378. The SMILES string of the molecule is CCCCCCCCCCCCn1nnnc1CS(=O)(=O)Nc1c(OC)cc(OC)cc1OC. The Morgan fingerprint density at radius 3 is 1.94 bits per heavy atom. The van der Waals surface area contributed by atoms with Crippen molar-refractivity contribution >= 4 is 15.7 Å². The Balaban J connectivity index is 1.87. The minimum atomic E-state index is -3.83. The third-order valence-electron chi connectivity index (χ3n) is 5.62. The molecule has 0 atom stereocenters. The van der Waals surface area contributed by atoms with Gasteiger partial charge in [-0.25, -0.2) is 13.1 Å². The maximum absolute atomic E-state index is 12.9. The van der Waals surface area contributed by atoms with E-state index in [9.17, 15) is 8.42 Å². The Morgan fingerprint density at radius 2 is 1.41 bits per heavy atom. The minimum Gasteiger partial charge on any atom is -0.496 e. The summed E-state index contributed by atoms with van der Waals surface area (Å²) < 4.78 is 45.7. The molecule has 0 spiro atoms. The first-order chi connectivity index (χ1) is 16.4. The zero-order chi connectivity index (χ0) is 24.8. The molecule has 0 radical (unpaired) electrons. The lowest BCUT2D eigenvalue weighted by atomic mass is 10.1. The second kappa shape index (κ2) is 14.6. The summed E-state index contributed by atoms with van der Waals surface area (Å²) >= 11 is 0. The van der Waals surface area contributed by atoms with Gasteiger partial charge >= 0.3 is 0 Å². The molecular weight excluding hydrogens is 458 g/mol. The van der Waals surface area contributed by atoms with Crippen LogP contribution in [0.25, 0.3) is 0 Å². The molecule has 2 rings (SSSR count). The lowest BCUT2D eigenvalue weighted by Crippen LogP contribution is -2.19. The van der Waals surface area contributed by atoms with Gasteiger partial charge in [-0.15, -0.1) is 5.10 Å². The zero-order valence-electron chi connectivity index (χ0n) is 20.9. The van der Waals surface area contributed by atoms with Crippen molar-refractivity contribution in [1.29, 1.82) is 0 Å². The first-order valence-electron chi connectivity index (χ1n) is 12.0. The van der Waals surface area contributed by atoms with Crippen LogP contribution in [0.5, 0.6) is 17.2 Å². The van der Waals surface area contributed by atoms with Crippen molar-refractivity contribution < 1.29 is 22.6 Å². The van der Waals surface area contributed by atoms with Gasteiger partial charge in [0.05, 0.1) is 21.3 Å². The molecule has 11 heteroatoms. The Hall–Kier alpha value is -2.56. The Morgan fingerprint density at radius 1 is 0.853 bits per heavy atom. The lowest BCUT2D eigenvalue weighted by Gasteiger charge is -2.16. The molecule has 1 heterocycles. The van der Waals surface area contributed by atoms with E-state index in [1.807, 2.05) is 0 Å². The van der Waals surface area contributed by atoms with Crippen LogP contribution in [0.2, 0.25) is 0 Å². The van der Waals surface area contributed by atoms with E-state index in [4.69, 9.17) is 14.2 Å². The number of hydrogen-bond donors (Lipinski definition) is 1. The molecule has 2 aromatic rings. The molecule has 0 saturated carbocycles. The van der Waals surface area contributed by atoms with E-state index in [2.05, 4.69) is 27.2 Å². The van der Waals surface area contributed by atoms with Gasteiger partial charge in [0.15, 0.2) is 5.82 Å². The number of unbranched alkanes of at least 4 members (excludes halogenated alkanes) is 9. The van der Waals surface area contributed by atoms with Crippen LogP contribution in [0.3, 0.4) is 0 Å². The first-order valence-corrected chi connectivity index (χ1v) is 13.6. The van der Waals surface area contributed by atoms with Crippen LogP contribution >= 0.6 is 0 Å². The molecule has 0 unspecified atom stereocenters. The van der Waals surface area contributed by atoms with E-state index in [1.54, 1.807) is 16.8 Å². The van der Waals surface area contributed by atoms with E-state index in [1.165, 1.54) is 72.7 Å². The second-order valence-electron chi connectivity index (χ2n) is 8.27. The smallest absolute Gasteiger partial charge is 0.240 e. The van der Waals surface area contributed by atoms with Crippen LogP contribution in [-0.4, -0.2) is 50.0 Å².